The predicted octanol–water partition coefficient (Wildman–Crippen LogP) is 4.85. The van der Waals surface area contributed by atoms with E-state index in [0.29, 0.717) is 21.7 Å². The Labute approximate surface area is 181 Å². The topological polar surface area (TPSA) is 72.7 Å². The molecule has 1 N–H and O–H groups in total. The van der Waals surface area contributed by atoms with Gasteiger partial charge in [0.05, 0.1) is 5.75 Å². The van der Waals surface area contributed by atoms with Crippen molar-refractivity contribution in [2.45, 2.75) is 5.16 Å². The average Bonchev–Trinajstić information content (AvgIpc) is 3.19. The average molecular weight is 440 g/mol. The van der Waals surface area contributed by atoms with E-state index in [1.165, 1.54) is 36.0 Å². The van der Waals surface area contributed by atoms with Crippen LogP contribution < -0.4 is 5.32 Å². The van der Waals surface area contributed by atoms with E-state index in [1.807, 2.05) is 28.8 Å². The molecule has 150 valence electrons. The lowest BCUT2D eigenvalue weighted by Crippen LogP contribution is -2.14. The molecule has 4 rings (SSSR count). The van der Waals surface area contributed by atoms with Gasteiger partial charge in [-0.1, -0.05) is 23.4 Å². The molecule has 0 aliphatic heterocycles. The number of aromatic nitrogens is 4. The van der Waals surface area contributed by atoms with Gasteiger partial charge in [0.25, 0.3) is 0 Å². The summed E-state index contributed by atoms with van der Waals surface area (Å²) in [4.78, 5) is 16.4. The van der Waals surface area contributed by atoms with Crippen LogP contribution in [0.4, 0.5) is 10.1 Å². The molecule has 9 heteroatoms. The van der Waals surface area contributed by atoms with Crippen LogP contribution in [-0.2, 0) is 4.79 Å². The highest BCUT2D eigenvalue weighted by molar-refractivity contribution is 7.99. The molecule has 2 heterocycles. The van der Waals surface area contributed by atoms with Crippen molar-refractivity contribution in [3.05, 3.63) is 83.9 Å². The standard InChI is InChI=1S/C21H15ClFN5OS/c22-15-1-7-18(8-2-15)28-20(14-9-11-24-12-10-14)26-27-21(28)30-13-19(29)25-17-5-3-16(23)4-6-17/h1-12H,13H2,(H,25,29). The first-order valence-electron chi connectivity index (χ1n) is 8.90. The van der Waals surface area contributed by atoms with Gasteiger partial charge in [-0.15, -0.1) is 10.2 Å². The van der Waals surface area contributed by atoms with E-state index in [-0.39, 0.29) is 17.5 Å². The molecular weight excluding hydrogens is 425 g/mol. The summed E-state index contributed by atoms with van der Waals surface area (Å²) in [6.07, 6.45) is 3.36. The number of hydrogen-bond acceptors (Lipinski definition) is 5. The Morgan fingerprint density at radius 1 is 1.00 bits per heavy atom. The van der Waals surface area contributed by atoms with Crippen LogP contribution in [0, 0.1) is 5.82 Å². The second-order valence-electron chi connectivity index (χ2n) is 6.20. The van der Waals surface area contributed by atoms with E-state index in [1.54, 1.807) is 24.5 Å². The van der Waals surface area contributed by atoms with Crippen LogP contribution in [-0.4, -0.2) is 31.4 Å². The molecule has 6 nitrogen and oxygen atoms in total. The van der Waals surface area contributed by atoms with Gasteiger partial charge in [-0.25, -0.2) is 4.39 Å². The lowest BCUT2D eigenvalue weighted by molar-refractivity contribution is -0.113. The van der Waals surface area contributed by atoms with Crippen LogP contribution in [0.5, 0.6) is 0 Å². The summed E-state index contributed by atoms with van der Waals surface area (Å²) in [5, 5.41) is 12.5. The summed E-state index contributed by atoms with van der Waals surface area (Å²) in [5.41, 5.74) is 2.19. The molecule has 0 spiro atoms. The number of amides is 1. The van der Waals surface area contributed by atoms with Crippen molar-refractivity contribution in [2.75, 3.05) is 11.1 Å². The van der Waals surface area contributed by atoms with Gasteiger partial charge >= 0.3 is 0 Å². The van der Waals surface area contributed by atoms with E-state index < -0.39 is 0 Å². The molecule has 2 aromatic carbocycles. The van der Waals surface area contributed by atoms with Gasteiger partial charge in [-0.05, 0) is 60.7 Å². The van der Waals surface area contributed by atoms with Crippen LogP contribution in [0.15, 0.2) is 78.2 Å². The molecule has 4 aromatic rings. The number of hydrogen-bond donors (Lipinski definition) is 1. The lowest BCUT2D eigenvalue weighted by atomic mass is 10.2. The van der Waals surface area contributed by atoms with Crippen LogP contribution >= 0.6 is 23.4 Å². The first-order valence-corrected chi connectivity index (χ1v) is 10.3. The van der Waals surface area contributed by atoms with E-state index in [0.717, 1.165) is 11.3 Å². The quantitative estimate of drug-likeness (QED) is 0.435. The summed E-state index contributed by atoms with van der Waals surface area (Å²) in [6.45, 7) is 0. The Hall–Kier alpha value is -3.23. The normalized spacial score (nSPS) is 10.7. The predicted molar refractivity (Wildman–Crippen MR) is 115 cm³/mol. The van der Waals surface area contributed by atoms with Gasteiger partial charge in [0.2, 0.25) is 5.91 Å². The van der Waals surface area contributed by atoms with Crippen molar-refractivity contribution in [1.82, 2.24) is 19.7 Å². The molecule has 0 atom stereocenters. The summed E-state index contributed by atoms with van der Waals surface area (Å²) in [5.74, 6) is 0.144. The Morgan fingerprint density at radius 3 is 2.40 bits per heavy atom. The first-order chi connectivity index (χ1) is 14.6. The highest BCUT2D eigenvalue weighted by atomic mass is 35.5. The van der Waals surface area contributed by atoms with Crippen LogP contribution in [0.1, 0.15) is 0 Å². The van der Waals surface area contributed by atoms with E-state index in [2.05, 4.69) is 20.5 Å². The molecule has 0 aliphatic rings. The molecule has 0 fully saturated rings. The number of carbonyl (C=O) groups excluding carboxylic acids is 1. The second kappa shape index (κ2) is 9.06. The van der Waals surface area contributed by atoms with Crippen molar-refractivity contribution in [3.8, 4) is 17.1 Å². The second-order valence-corrected chi connectivity index (χ2v) is 7.58. The smallest absolute Gasteiger partial charge is 0.234 e. The Bertz CT molecular complexity index is 1150. The summed E-state index contributed by atoms with van der Waals surface area (Å²) >= 11 is 7.28. The number of pyridine rings is 1. The SMILES string of the molecule is O=C(CSc1nnc(-c2ccncc2)n1-c1ccc(Cl)cc1)Nc1ccc(F)cc1. The number of benzene rings is 2. The maximum atomic E-state index is 13.0. The van der Waals surface area contributed by atoms with E-state index in [4.69, 9.17) is 11.6 Å². The van der Waals surface area contributed by atoms with Crippen LogP contribution in [0.25, 0.3) is 17.1 Å². The monoisotopic (exact) mass is 439 g/mol. The molecule has 2 aromatic heterocycles. The van der Waals surface area contributed by atoms with Gasteiger partial charge < -0.3 is 5.32 Å². The van der Waals surface area contributed by atoms with E-state index in [9.17, 15) is 9.18 Å². The van der Waals surface area contributed by atoms with Gasteiger partial charge in [-0.2, -0.15) is 0 Å². The zero-order chi connectivity index (χ0) is 20.9. The fourth-order valence-corrected chi connectivity index (χ4v) is 3.61. The third-order valence-electron chi connectivity index (χ3n) is 4.12. The van der Waals surface area contributed by atoms with E-state index >= 15 is 0 Å². The fourth-order valence-electron chi connectivity index (χ4n) is 2.73. The van der Waals surface area contributed by atoms with Gasteiger partial charge in [-0.3, -0.25) is 14.3 Å². The molecule has 0 saturated heterocycles. The van der Waals surface area contributed by atoms with Crippen molar-refractivity contribution >= 4 is 35.0 Å². The molecular formula is C21H15ClFN5OS. The van der Waals surface area contributed by atoms with Crippen LogP contribution in [0.2, 0.25) is 5.02 Å². The Morgan fingerprint density at radius 2 is 1.70 bits per heavy atom. The van der Waals surface area contributed by atoms with Crippen LogP contribution in [0.3, 0.4) is 0 Å². The van der Waals surface area contributed by atoms with Crippen molar-refractivity contribution in [1.29, 1.82) is 0 Å². The summed E-state index contributed by atoms with van der Waals surface area (Å²) < 4.78 is 14.9. The minimum atomic E-state index is -0.359. The molecule has 1 amide bonds. The fraction of sp³-hybridized carbons (Fsp3) is 0.0476. The van der Waals surface area contributed by atoms with Gasteiger partial charge in [0.1, 0.15) is 5.82 Å². The minimum absolute atomic E-state index is 0.111. The van der Waals surface area contributed by atoms with Crippen molar-refractivity contribution in [3.63, 3.8) is 0 Å². The number of thioether (sulfide) groups is 1. The number of nitrogens with one attached hydrogen (secondary N) is 1. The Kier molecular flexibility index (Phi) is 6.06. The number of halogens is 2. The third kappa shape index (κ3) is 4.67. The summed E-state index contributed by atoms with van der Waals surface area (Å²) in [6, 6.07) is 16.6. The molecule has 0 radical (unpaired) electrons. The number of rotatable bonds is 6. The zero-order valence-electron chi connectivity index (χ0n) is 15.5. The van der Waals surface area contributed by atoms with Crippen molar-refractivity contribution in [2.24, 2.45) is 0 Å². The lowest BCUT2D eigenvalue weighted by Gasteiger charge is -2.10. The minimum Gasteiger partial charge on any atom is -0.325 e. The zero-order valence-corrected chi connectivity index (χ0v) is 17.1. The van der Waals surface area contributed by atoms with Gasteiger partial charge in [0, 0.05) is 34.4 Å². The van der Waals surface area contributed by atoms with Gasteiger partial charge in [0.15, 0.2) is 11.0 Å². The highest BCUT2D eigenvalue weighted by Gasteiger charge is 2.17. The largest absolute Gasteiger partial charge is 0.325 e. The molecule has 0 saturated carbocycles. The maximum absolute atomic E-state index is 13.0. The number of nitrogens with zero attached hydrogens (tertiary/aromatic N) is 4. The molecule has 0 unspecified atom stereocenters. The van der Waals surface area contributed by atoms with Crippen molar-refractivity contribution < 1.29 is 9.18 Å². The molecule has 0 bridgehead atoms. The molecule has 30 heavy (non-hydrogen) atoms. The number of carbonyl (C=O) groups is 1. The highest BCUT2D eigenvalue weighted by Crippen LogP contribution is 2.28. The number of anilines is 1. The summed E-state index contributed by atoms with van der Waals surface area (Å²) in [7, 11) is 0. The molecule has 0 aliphatic carbocycles. The Balaban J connectivity index is 1.58. The third-order valence-corrected chi connectivity index (χ3v) is 5.30. The maximum Gasteiger partial charge on any atom is 0.234 e. The first kappa shape index (κ1) is 20.1.